The Bertz CT molecular complexity index is 216. The molecule has 0 saturated carbocycles. The molecule has 1 rings (SSSR count). The number of carbonyl (C=O) groups is 1. The topological polar surface area (TPSA) is 43.1 Å². The minimum absolute atomic E-state index is 0.759. The van der Waals surface area contributed by atoms with Crippen LogP contribution >= 0.6 is 11.3 Å². The molecule has 2 N–H and O–H groups in total. The van der Waals surface area contributed by atoms with Gasteiger partial charge in [-0.1, -0.05) is 0 Å². The van der Waals surface area contributed by atoms with E-state index in [2.05, 4.69) is 0 Å². The molecular formula is C7H9NOS. The monoisotopic (exact) mass is 155 g/mol. The summed E-state index contributed by atoms with van der Waals surface area (Å²) < 4.78 is 0. The van der Waals surface area contributed by atoms with Crippen LogP contribution in [0.3, 0.4) is 0 Å². The summed E-state index contributed by atoms with van der Waals surface area (Å²) in [6.07, 6.45) is 0.759. The molecule has 0 fully saturated rings. The first-order valence-corrected chi connectivity index (χ1v) is 3.89. The Morgan fingerprint density at radius 3 is 2.90 bits per heavy atom. The maximum absolute atomic E-state index is 10.4. The van der Waals surface area contributed by atoms with E-state index in [0.717, 1.165) is 11.8 Å². The third-order valence-corrected chi connectivity index (χ3v) is 2.07. The van der Waals surface area contributed by atoms with Crippen LogP contribution in [0.2, 0.25) is 0 Å². The van der Waals surface area contributed by atoms with Gasteiger partial charge in [0.2, 0.25) is 0 Å². The second-order valence-corrected chi connectivity index (χ2v) is 3.19. The summed E-state index contributed by atoms with van der Waals surface area (Å²) in [4.78, 5) is 10.4. The molecule has 3 heteroatoms. The lowest BCUT2D eigenvalue weighted by atomic mass is 9.99. The standard InChI is InChI=1S/C7H9NOS/c1-7(8,5-9)6-2-3-10-4-6/h2-5H,8H2,1H3/t7-/m0/s1. The van der Waals surface area contributed by atoms with Gasteiger partial charge < -0.3 is 10.5 Å². The van der Waals surface area contributed by atoms with E-state index in [0.29, 0.717) is 0 Å². The Morgan fingerprint density at radius 1 is 1.80 bits per heavy atom. The number of aldehydes is 1. The van der Waals surface area contributed by atoms with Crippen molar-refractivity contribution < 1.29 is 4.79 Å². The molecule has 1 atom stereocenters. The molecule has 0 aliphatic rings. The highest BCUT2D eigenvalue weighted by Gasteiger charge is 2.19. The number of nitrogens with two attached hydrogens (primary N) is 1. The zero-order chi connectivity index (χ0) is 7.61. The first kappa shape index (κ1) is 7.44. The zero-order valence-corrected chi connectivity index (χ0v) is 6.52. The summed E-state index contributed by atoms with van der Waals surface area (Å²) in [6.45, 7) is 1.70. The van der Waals surface area contributed by atoms with Gasteiger partial charge in [0.25, 0.3) is 0 Å². The molecule has 0 saturated heterocycles. The molecule has 0 aliphatic carbocycles. The van der Waals surface area contributed by atoms with E-state index in [1.54, 1.807) is 18.3 Å². The van der Waals surface area contributed by atoms with Crippen LogP contribution in [0.15, 0.2) is 16.8 Å². The summed E-state index contributed by atoms with van der Waals surface area (Å²) in [6, 6.07) is 1.86. The van der Waals surface area contributed by atoms with Crippen LogP contribution < -0.4 is 5.73 Å². The van der Waals surface area contributed by atoms with Crippen molar-refractivity contribution in [2.75, 3.05) is 0 Å². The maximum Gasteiger partial charge on any atom is 0.144 e. The molecule has 54 valence electrons. The molecule has 1 aromatic heterocycles. The Labute approximate surface area is 63.7 Å². The molecule has 10 heavy (non-hydrogen) atoms. The molecule has 1 heterocycles. The summed E-state index contributed by atoms with van der Waals surface area (Å²) >= 11 is 1.54. The molecule has 0 spiro atoms. The van der Waals surface area contributed by atoms with Crippen LogP contribution in [0.4, 0.5) is 0 Å². The third-order valence-electron chi connectivity index (χ3n) is 1.39. The van der Waals surface area contributed by atoms with Gasteiger partial charge in [0, 0.05) is 0 Å². The molecule has 1 aromatic rings. The highest BCUT2D eigenvalue weighted by molar-refractivity contribution is 7.08. The predicted octanol–water partition coefficient (Wildman–Crippen LogP) is 1.12. The van der Waals surface area contributed by atoms with Gasteiger partial charge in [-0.3, -0.25) is 0 Å². The van der Waals surface area contributed by atoms with Crippen LogP contribution in [0.25, 0.3) is 0 Å². The molecule has 0 aromatic carbocycles. The van der Waals surface area contributed by atoms with E-state index in [4.69, 9.17) is 5.73 Å². The van der Waals surface area contributed by atoms with E-state index in [9.17, 15) is 4.79 Å². The predicted molar refractivity (Wildman–Crippen MR) is 41.9 cm³/mol. The average molecular weight is 155 g/mol. The van der Waals surface area contributed by atoms with E-state index in [1.807, 2.05) is 16.8 Å². The average Bonchev–Trinajstić information content (AvgIpc) is 2.38. The van der Waals surface area contributed by atoms with Crippen molar-refractivity contribution in [2.45, 2.75) is 12.5 Å². The lowest BCUT2D eigenvalue weighted by molar-refractivity contribution is -0.111. The van der Waals surface area contributed by atoms with Gasteiger partial charge in [-0.05, 0) is 29.3 Å². The van der Waals surface area contributed by atoms with E-state index in [1.165, 1.54) is 0 Å². The number of hydrogen-bond acceptors (Lipinski definition) is 3. The van der Waals surface area contributed by atoms with Crippen molar-refractivity contribution in [3.05, 3.63) is 22.4 Å². The second kappa shape index (κ2) is 2.52. The fourth-order valence-corrected chi connectivity index (χ4v) is 1.42. The number of rotatable bonds is 2. The smallest absolute Gasteiger partial charge is 0.144 e. The molecule has 0 bridgehead atoms. The fraction of sp³-hybridized carbons (Fsp3) is 0.286. The van der Waals surface area contributed by atoms with Gasteiger partial charge in [0.15, 0.2) is 0 Å². The maximum atomic E-state index is 10.4. The van der Waals surface area contributed by atoms with Crippen molar-refractivity contribution in [1.29, 1.82) is 0 Å². The van der Waals surface area contributed by atoms with Crippen LogP contribution in [-0.4, -0.2) is 6.29 Å². The van der Waals surface area contributed by atoms with Gasteiger partial charge in [0.1, 0.15) is 6.29 Å². The van der Waals surface area contributed by atoms with Crippen LogP contribution in [-0.2, 0) is 10.3 Å². The third kappa shape index (κ3) is 1.25. The van der Waals surface area contributed by atoms with Gasteiger partial charge in [0.05, 0.1) is 5.54 Å². The van der Waals surface area contributed by atoms with Crippen molar-refractivity contribution in [2.24, 2.45) is 5.73 Å². The highest BCUT2D eigenvalue weighted by atomic mass is 32.1. The van der Waals surface area contributed by atoms with Gasteiger partial charge in [-0.15, -0.1) is 0 Å². The molecule has 0 aliphatic heterocycles. The summed E-state index contributed by atoms with van der Waals surface area (Å²) in [5, 5.41) is 3.79. The normalized spacial score (nSPS) is 16.2. The zero-order valence-electron chi connectivity index (χ0n) is 5.70. The fourth-order valence-electron chi connectivity index (χ4n) is 0.639. The van der Waals surface area contributed by atoms with Crippen LogP contribution in [0.5, 0.6) is 0 Å². The number of thiophene rings is 1. The highest BCUT2D eigenvalue weighted by Crippen LogP contribution is 2.17. The summed E-state index contributed by atoms with van der Waals surface area (Å²) in [5.41, 5.74) is 5.70. The van der Waals surface area contributed by atoms with Gasteiger partial charge in [-0.2, -0.15) is 11.3 Å². The molecule has 2 nitrogen and oxygen atoms in total. The summed E-state index contributed by atoms with van der Waals surface area (Å²) in [7, 11) is 0. The van der Waals surface area contributed by atoms with Crippen molar-refractivity contribution in [3.63, 3.8) is 0 Å². The summed E-state index contributed by atoms with van der Waals surface area (Å²) in [5.74, 6) is 0. The van der Waals surface area contributed by atoms with E-state index < -0.39 is 5.54 Å². The van der Waals surface area contributed by atoms with E-state index in [-0.39, 0.29) is 0 Å². The Balaban J connectivity index is 2.95. The Hall–Kier alpha value is -0.670. The second-order valence-electron chi connectivity index (χ2n) is 2.41. The van der Waals surface area contributed by atoms with Crippen LogP contribution in [0, 0.1) is 0 Å². The molecular weight excluding hydrogens is 146 g/mol. The molecule has 0 radical (unpaired) electrons. The number of carbonyl (C=O) groups excluding carboxylic acids is 1. The first-order valence-electron chi connectivity index (χ1n) is 2.95. The van der Waals surface area contributed by atoms with Crippen molar-refractivity contribution in [3.8, 4) is 0 Å². The van der Waals surface area contributed by atoms with Crippen molar-refractivity contribution >= 4 is 17.6 Å². The van der Waals surface area contributed by atoms with Crippen molar-refractivity contribution in [1.82, 2.24) is 0 Å². The van der Waals surface area contributed by atoms with E-state index >= 15 is 0 Å². The largest absolute Gasteiger partial charge is 0.316 e. The lowest BCUT2D eigenvalue weighted by Crippen LogP contribution is -2.33. The Morgan fingerprint density at radius 2 is 2.50 bits per heavy atom. The van der Waals surface area contributed by atoms with Gasteiger partial charge >= 0.3 is 0 Å². The minimum Gasteiger partial charge on any atom is -0.316 e. The molecule has 0 unspecified atom stereocenters. The SMILES string of the molecule is C[C@](N)(C=O)c1ccsc1. The first-order chi connectivity index (χ1) is 4.67. The quantitative estimate of drug-likeness (QED) is 0.650. The minimum atomic E-state index is -0.806. The lowest BCUT2D eigenvalue weighted by Gasteiger charge is -2.13. The van der Waals surface area contributed by atoms with Gasteiger partial charge in [-0.25, -0.2) is 0 Å². The Kier molecular flexibility index (Phi) is 1.87. The molecule has 0 amide bonds. The van der Waals surface area contributed by atoms with Crippen LogP contribution in [0.1, 0.15) is 12.5 Å². The number of hydrogen-bond donors (Lipinski definition) is 1.